The molecule has 0 bridgehead atoms. The van der Waals surface area contributed by atoms with E-state index in [-0.39, 0.29) is 6.61 Å². The molecule has 1 aromatic rings. The normalized spacial score (nSPS) is 15.5. The quantitative estimate of drug-likeness (QED) is 0.670. The highest BCUT2D eigenvalue weighted by Crippen LogP contribution is 2.29. The topological polar surface area (TPSA) is 59.0 Å². The minimum absolute atomic E-state index is 0.218. The molecule has 5 heteroatoms. The van der Waals surface area contributed by atoms with Gasteiger partial charge < -0.3 is 19.5 Å². The highest BCUT2D eigenvalue weighted by molar-refractivity contribution is 5.89. The lowest BCUT2D eigenvalue weighted by molar-refractivity contribution is 0.0598. The largest absolute Gasteiger partial charge is 0.491 e. The van der Waals surface area contributed by atoms with Gasteiger partial charge in [0.1, 0.15) is 18.5 Å². The van der Waals surface area contributed by atoms with E-state index in [1.54, 1.807) is 24.3 Å². The summed E-state index contributed by atoms with van der Waals surface area (Å²) in [4.78, 5) is 13.8. The maximum atomic E-state index is 11.5. The third-order valence-electron chi connectivity index (χ3n) is 3.92. The van der Waals surface area contributed by atoms with Crippen molar-refractivity contribution in [2.24, 2.45) is 5.92 Å². The molecule has 0 amide bonds. The van der Waals surface area contributed by atoms with Crippen LogP contribution in [-0.4, -0.2) is 55.4 Å². The second-order valence-corrected chi connectivity index (χ2v) is 6.19. The van der Waals surface area contributed by atoms with Crippen LogP contribution < -0.4 is 4.74 Å². The Morgan fingerprint density at radius 3 is 2.87 bits per heavy atom. The number of esters is 1. The average Bonchev–Trinajstić information content (AvgIpc) is 3.36. The van der Waals surface area contributed by atoms with E-state index < -0.39 is 12.1 Å². The van der Waals surface area contributed by atoms with Gasteiger partial charge in [0.2, 0.25) is 0 Å². The highest BCUT2D eigenvalue weighted by atomic mass is 16.5. The Labute approximate surface area is 138 Å². The van der Waals surface area contributed by atoms with Crippen LogP contribution in [0.2, 0.25) is 0 Å². The summed E-state index contributed by atoms with van der Waals surface area (Å²) in [5.41, 5.74) is 0.445. The second-order valence-electron chi connectivity index (χ2n) is 6.19. The maximum Gasteiger partial charge on any atom is 0.337 e. The molecule has 2 rings (SSSR count). The predicted molar refractivity (Wildman–Crippen MR) is 88.7 cm³/mol. The first kappa shape index (κ1) is 17.8. The number of hydrogen-bond donors (Lipinski definition) is 1. The molecular formula is C18H27NO4. The number of aliphatic hydroxyl groups excluding tert-OH is 1. The number of aliphatic hydroxyl groups is 1. The number of benzene rings is 1. The molecule has 0 heterocycles. The van der Waals surface area contributed by atoms with Gasteiger partial charge in [-0.1, -0.05) is 13.0 Å². The lowest BCUT2D eigenvalue weighted by atomic mass is 10.2. The van der Waals surface area contributed by atoms with Gasteiger partial charge in [0, 0.05) is 13.1 Å². The van der Waals surface area contributed by atoms with E-state index in [1.165, 1.54) is 20.0 Å². The van der Waals surface area contributed by atoms with Crippen molar-refractivity contribution in [1.29, 1.82) is 0 Å². The summed E-state index contributed by atoms with van der Waals surface area (Å²) in [7, 11) is 1.35. The molecule has 1 aliphatic rings. The molecule has 0 radical (unpaired) electrons. The zero-order valence-corrected chi connectivity index (χ0v) is 14.0. The third kappa shape index (κ3) is 6.20. The van der Waals surface area contributed by atoms with Crippen molar-refractivity contribution >= 4 is 5.97 Å². The Balaban J connectivity index is 1.80. The summed E-state index contributed by atoms with van der Waals surface area (Å²) in [6.07, 6.45) is 3.17. The Bertz CT molecular complexity index is 502. The van der Waals surface area contributed by atoms with E-state index in [2.05, 4.69) is 16.6 Å². The minimum Gasteiger partial charge on any atom is -0.491 e. The van der Waals surface area contributed by atoms with E-state index in [4.69, 9.17) is 4.74 Å². The lowest BCUT2D eigenvalue weighted by Gasteiger charge is -2.24. The van der Waals surface area contributed by atoms with Crippen molar-refractivity contribution in [1.82, 2.24) is 4.90 Å². The molecule has 23 heavy (non-hydrogen) atoms. The maximum absolute atomic E-state index is 11.5. The van der Waals surface area contributed by atoms with Crippen LogP contribution in [0.25, 0.3) is 0 Å². The van der Waals surface area contributed by atoms with Gasteiger partial charge in [0.25, 0.3) is 0 Å². The van der Waals surface area contributed by atoms with Crippen molar-refractivity contribution in [3.05, 3.63) is 29.8 Å². The lowest BCUT2D eigenvalue weighted by Crippen LogP contribution is -2.37. The molecule has 1 aromatic carbocycles. The van der Waals surface area contributed by atoms with E-state index in [0.717, 1.165) is 25.4 Å². The van der Waals surface area contributed by atoms with Crippen LogP contribution in [0.3, 0.4) is 0 Å². The molecule has 1 saturated carbocycles. The minimum atomic E-state index is -0.540. The SMILES string of the molecule is CCCN(CC1CC1)C[C@@H](O)COc1cccc(C(=O)OC)c1. The molecule has 0 saturated heterocycles. The van der Waals surface area contributed by atoms with E-state index in [9.17, 15) is 9.90 Å². The van der Waals surface area contributed by atoms with Crippen molar-refractivity contribution in [3.63, 3.8) is 0 Å². The fourth-order valence-corrected chi connectivity index (χ4v) is 2.61. The van der Waals surface area contributed by atoms with Crippen molar-refractivity contribution in [2.75, 3.05) is 33.4 Å². The Kier molecular flexibility index (Phi) is 6.86. The summed E-state index contributed by atoms with van der Waals surface area (Å²) < 4.78 is 10.3. The van der Waals surface area contributed by atoms with Crippen LogP contribution in [0, 0.1) is 5.92 Å². The van der Waals surface area contributed by atoms with Gasteiger partial charge in [-0.3, -0.25) is 0 Å². The third-order valence-corrected chi connectivity index (χ3v) is 3.92. The van der Waals surface area contributed by atoms with Crippen LogP contribution in [-0.2, 0) is 4.74 Å². The van der Waals surface area contributed by atoms with Gasteiger partial charge in [-0.05, 0) is 49.9 Å². The molecular weight excluding hydrogens is 294 g/mol. The number of hydrogen-bond acceptors (Lipinski definition) is 5. The summed E-state index contributed by atoms with van der Waals surface area (Å²) in [6, 6.07) is 6.82. The van der Waals surface area contributed by atoms with Crippen LogP contribution in [0.15, 0.2) is 24.3 Å². The molecule has 1 atom stereocenters. The molecule has 1 fully saturated rings. The van der Waals surface area contributed by atoms with Gasteiger partial charge in [0.05, 0.1) is 12.7 Å². The average molecular weight is 321 g/mol. The molecule has 0 spiro atoms. The summed E-state index contributed by atoms with van der Waals surface area (Å²) in [5, 5.41) is 10.2. The monoisotopic (exact) mass is 321 g/mol. The highest BCUT2D eigenvalue weighted by Gasteiger charge is 2.25. The molecule has 128 valence electrons. The zero-order chi connectivity index (χ0) is 16.7. The summed E-state index contributed by atoms with van der Waals surface area (Å²) in [5.74, 6) is 0.983. The van der Waals surface area contributed by atoms with Crippen LogP contribution >= 0.6 is 0 Å². The smallest absolute Gasteiger partial charge is 0.337 e. The summed E-state index contributed by atoms with van der Waals surface area (Å²) >= 11 is 0. The Hall–Kier alpha value is -1.59. The van der Waals surface area contributed by atoms with Gasteiger partial charge in [-0.15, -0.1) is 0 Å². The number of ether oxygens (including phenoxy) is 2. The van der Waals surface area contributed by atoms with E-state index >= 15 is 0 Å². The van der Waals surface area contributed by atoms with Gasteiger partial charge >= 0.3 is 5.97 Å². The van der Waals surface area contributed by atoms with Crippen molar-refractivity contribution in [2.45, 2.75) is 32.3 Å². The van der Waals surface area contributed by atoms with Crippen molar-refractivity contribution < 1.29 is 19.4 Å². The fourth-order valence-electron chi connectivity index (χ4n) is 2.61. The first-order chi connectivity index (χ1) is 11.1. The molecule has 0 unspecified atom stereocenters. The molecule has 1 aliphatic carbocycles. The van der Waals surface area contributed by atoms with Gasteiger partial charge in [-0.25, -0.2) is 4.79 Å². The number of rotatable bonds is 10. The molecule has 0 aliphatic heterocycles. The van der Waals surface area contributed by atoms with Crippen LogP contribution in [0.5, 0.6) is 5.75 Å². The number of nitrogens with zero attached hydrogens (tertiary/aromatic N) is 1. The second kappa shape index (κ2) is 8.89. The van der Waals surface area contributed by atoms with Crippen molar-refractivity contribution in [3.8, 4) is 5.75 Å². The number of carbonyl (C=O) groups is 1. The zero-order valence-electron chi connectivity index (χ0n) is 14.0. The first-order valence-electron chi connectivity index (χ1n) is 8.34. The summed E-state index contributed by atoms with van der Waals surface area (Å²) in [6.45, 7) is 5.08. The van der Waals surface area contributed by atoms with Crippen LogP contribution in [0.4, 0.5) is 0 Å². The Morgan fingerprint density at radius 1 is 1.43 bits per heavy atom. The molecule has 1 N–H and O–H groups in total. The standard InChI is InChI=1S/C18H27NO4/c1-3-9-19(11-14-7-8-14)12-16(20)13-23-17-6-4-5-15(10-17)18(21)22-2/h4-6,10,14,16,20H,3,7-9,11-13H2,1-2H3/t16-/m1/s1. The first-order valence-corrected chi connectivity index (χ1v) is 8.34. The van der Waals surface area contributed by atoms with Gasteiger partial charge in [0.15, 0.2) is 0 Å². The van der Waals surface area contributed by atoms with Gasteiger partial charge in [-0.2, -0.15) is 0 Å². The fraction of sp³-hybridized carbons (Fsp3) is 0.611. The number of carbonyl (C=O) groups excluding carboxylic acids is 1. The molecule has 5 nitrogen and oxygen atoms in total. The predicted octanol–water partition coefficient (Wildman–Crippen LogP) is 2.33. The van der Waals surface area contributed by atoms with Crippen LogP contribution in [0.1, 0.15) is 36.5 Å². The van der Waals surface area contributed by atoms with E-state index in [0.29, 0.717) is 17.9 Å². The molecule has 0 aromatic heterocycles. The van der Waals surface area contributed by atoms with E-state index in [1.807, 2.05) is 0 Å². The number of methoxy groups -OCH3 is 1. The Morgan fingerprint density at radius 2 is 2.22 bits per heavy atom.